The molecule has 78 valence electrons. The molecule has 0 amide bonds. The Balaban J connectivity index is 2.81. The van der Waals surface area contributed by atoms with Crippen LogP contribution in [0.3, 0.4) is 0 Å². The molecule has 1 aromatic carbocycles. The van der Waals surface area contributed by atoms with Gasteiger partial charge in [-0.1, -0.05) is 30.3 Å². The maximum atomic E-state index is 11.8. The average molecular weight is 193 g/mol. The molecule has 3 nitrogen and oxygen atoms in total. The van der Waals surface area contributed by atoms with Crippen molar-refractivity contribution in [3.8, 4) is 0 Å². The Labute approximate surface area is 85.1 Å². The maximum Gasteiger partial charge on any atom is 0.0724 e. The van der Waals surface area contributed by atoms with E-state index in [1.165, 1.54) is 0 Å². The van der Waals surface area contributed by atoms with Crippen LogP contribution in [0, 0.1) is 5.21 Å². The highest BCUT2D eigenvalue weighted by Crippen LogP contribution is 2.22. The van der Waals surface area contributed by atoms with E-state index in [0.717, 1.165) is 10.6 Å². The summed E-state index contributed by atoms with van der Waals surface area (Å²) in [5.74, 6) is 0. The lowest BCUT2D eigenvalue weighted by Crippen LogP contribution is -2.43. The van der Waals surface area contributed by atoms with E-state index < -0.39 is 11.7 Å². The van der Waals surface area contributed by atoms with Crippen LogP contribution >= 0.6 is 0 Å². The quantitative estimate of drug-likeness (QED) is 0.579. The smallest absolute Gasteiger partial charge is 0.0724 e. The van der Waals surface area contributed by atoms with Gasteiger partial charge in [0.1, 0.15) is 0 Å². The molecule has 0 aliphatic rings. The van der Waals surface area contributed by atoms with Crippen LogP contribution in [0.2, 0.25) is 0 Å². The number of nitrogens with two attached hydrogens (primary N) is 1. The Kier molecular flexibility index (Phi) is 3.26. The van der Waals surface area contributed by atoms with Crippen LogP contribution in [0.15, 0.2) is 30.3 Å². The summed E-state index contributed by atoms with van der Waals surface area (Å²) in [4.78, 5) is 0. The summed E-state index contributed by atoms with van der Waals surface area (Å²) >= 11 is 0. The molecule has 0 spiro atoms. The fourth-order valence-electron chi connectivity index (χ4n) is 1.20. The van der Waals surface area contributed by atoms with E-state index in [0.29, 0.717) is 0 Å². The van der Waals surface area contributed by atoms with Gasteiger partial charge >= 0.3 is 0 Å². The summed E-state index contributed by atoms with van der Waals surface area (Å²) in [5.41, 5.74) is 6.22. The molecule has 14 heavy (non-hydrogen) atoms. The third kappa shape index (κ3) is 2.54. The van der Waals surface area contributed by atoms with Gasteiger partial charge in [-0.2, -0.15) is 0 Å². The number of benzene rings is 1. The summed E-state index contributed by atoms with van der Waals surface area (Å²) in [6.07, 6.45) is -0.587. The van der Waals surface area contributed by atoms with Crippen molar-refractivity contribution >= 4 is 0 Å². The normalized spacial score (nSPS) is 14.4. The van der Waals surface area contributed by atoms with E-state index in [1.807, 2.05) is 51.1 Å². The lowest BCUT2D eigenvalue weighted by atomic mass is 10.1. The minimum atomic E-state index is -0.587. The third-order valence-electron chi connectivity index (χ3n) is 2.05. The zero-order valence-electron chi connectivity index (χ0n) is 8.90. The molecule has 1 unspecified atom stereocenters. The monoisotopic (exact) mass is 193 g/mol. The molecule has 0 saturated heterocycles. The van der Waals surface area contributed by atoms with Crippen molar-refractivity contribution in [2.24, 2.45) is 5.73 Å². The van der Waals surface area contributed by atoms with Gasteiger partial charge in [0.25, 0.3) is 0 Å². The summed E-state index contributed by atoms with van der Waals surface area (Å²) in [5, 5.41) is 12.7. The largest absolute Gasteiger partial charge is 0.783 e. The van der Waals surface area contributed by atoms with E-state index in [4.69, 9.17) is 5.73 Å². The molecule has 0 saturated carbocycles. The summed E-state index contributed by atoms with van der Waals surface area (Å²) in [6, 6.07) is 9.39. The number of hydrogen-bond donors (Lipinski definition) is 1. The van der Waals surface area contributed by atoms with E-state index in [2.05, 4.69) is 0 Å². The molecule has 0 aliphatic heterocycles. The van der Waals surface area contributed by atoms with Gasteiger partial charge in [0.05, 0.1) is 6.17 Å². The lowest BCUT2D eigenvalue weighted by Gasteiger charge is -2.45. The van der Waals surface area contributed by atoms with Gasteiger partial charge in [0.15, 0.2) is 0 Å². The van der Waals surface area contributed by atoms with Crippen molar-refractivity contribution in [1.82, 2.24) is 5.06 Å². The van der Waals surface area contributed by atoms with Crippen LogP contribution in [0.25, 0.3) is 0 Å². The van der Waals surface area contributed by atoms with E-state index >= 15 is 0 Å². The van der Waals surface area contributed by atoms with Crippen molar-refractivity contribution < 1.29 is 0 Å². The minimum Gasteiger partial charge on any atom is -0.783 e. The van der Waals surface area contributed by atoms with Gasteiger partial charge < -0.3 is 16.0 Å². The van der Waals surface area contributed by atoms with Gasteiger partial charge in [-0.05, 0) is 26.3 Å². The Bertz CT molecular complexity index is 279. The van der Waals surface area contributed by atoms with E-state index in [1.54, 1.807) is 0 Å². The van der Waals surface area contributed by atoms with E-state index in [9.17, 15) is 5.21 Å². The Hall–Kier alpha value is -0.900. The highest BCUT2D eigenvalue weighted by molar-refractivity contribution is 5.18. The van der Waals surface area contributed by atoms with Gasteiger partial charge in [0, 0.05) is 5.54 Å². The molecular formula is C11H17N2O-. The maximum absolute atomic E-state index is 11.8. The lowest BCUT2D eigenvalue weighted by molar-refractivity contribution is 0.149. The van der Waals surface area contributed by atoms with Crippen molar-refractivity contribution in [1.29, 1.82) is 0 Å². The molecule has 1 rings (SSSR count). The fraction of sp³-hybridized carbons (Fsp3) is 0.455. The second-order valence-corrected chi connectivity index (χ2v) is 4.35. The van der Waals surface area contributed by atoms with E-state index in [-0.39, 0.29) is 0 Å². The molecule has 0 fully saturated rings. The van der Waals surface area contributed by atoms with Gasteiger partial charge in [0.2, 0.25) is 0 Å². The minimum absolute atomic E-state index is 0.463. The van der Waals surface area contributed by atoms with Crippen molar-refractivity contribution in [3.63, 3.8) is 0 Å². The molecule has 0 aromatic heterocycles. The van der Waals surface area contributed by atoms with Crippen LogP contribution in [0.1, 0.15) is 32.5 Å². The second-order valence-electron chi connectivity index (χ2n) is 4.35. The average Bonchev–Trinajstić information content (AvgIpc) is 2.15. The van der Waals surface area contributed by atoms with Gasteiger partial charge in [-0.3, -0.25) is 0 Å². The summed E-state index contributed by atoms with van der Waals surface area (Å²) < 4.78 is 0. The first-order valence-electron chi connectivity index (χ1n) is 4.70. The second kappa shape index (κ2) is 4.09. The van der Waals surface area contributed by atoms with Crippen LogP contribution < -0.4 is 5.73 Å². The molecule has 0 radical (unpaired) electrons. The third-order valence-corrected chi connectivity index (χ3v) is 2.05. The molecule has 0 aliphatic carbocycles. The SMILES string of the molecule is CC(C)(C)N([O-])C(N)c1ccccc1. The predicted molar refractivity (Wildman–Crippen MR) is 58.3 cm³/mol. The highest BCUT2D eigenvalue weighted by atomic mass is 16.5. The highest BCUT2D eigenvalue weighted by Gasteiger charge is 2.18. The molecule has 3 heteroatoms. The zero-order valence-corrected chi connectivity index (χ0v) is 8.90. The first-order chi connectivity index (χ1) is 6.43. The fourth-order valence-corrected chi connectivity index (χ4v) is 1.20. The van der Waals surface area contributed by atoms with Gasteiger partial charge in [-0.25, -0.2) is 0 Å². The molecule has 1 atom stereocenters. The van der Waals surface area contributed by atoms with Crippen LogP contribution in [-0.4, -0.2) is 10.6 Å². The molecule has 2 N–H and O–H groups in total. The number of nitrogens with zero attached hydrogens (tertiary/aromatic N) is 1. The molecule has 1 aromatic rings. The topological polar surface area (TPSA) is 52.3 Å². The first-order valence-corrected chi connectivity index (χ1v) is 4.70. The zero-order chi connectivity index (χ0) is 10.8. The molecule has 0 bridgehead atoms. The summed E-state index contributed by atoms with van der Waals surface area (Å²) in [6.45, 7) is 5.55. The number of rotatable bonds is 2. The summed E-state index contributed by atoms with van der Waals surface area (Å²) in [7, 11) is 0. The number of hydroxylamine groups is 2. The molecular weight excluding hydrogens is 176 g/mol. The Morgan fingerprint density at radius 1 is 1.21 bits per heavy atom. The van der Waals surface area contributed by atoms with Gasteiger partial charge in [-0.15, -0.1) is 0 Å². The standard InChI is InChI=1S/C11H17N2O/c1-11(2,3)13(14)10(12)9-7-5-4-6-8-9/h4-8,10H,12H2,1-3H3/q-1. The molecule has 0 heterocycles. The van der Waals surface area contributed by atoms with Crippen molar-refractivity contribution in [3.05, 3.63) is 41.1 Å². The first kappa shape index (κ1) is 11.2. The predicted octanol–water partition coefficient (Wildman–Crippen LogP) is 2.24. The Morgan fingerprint density at radius 2 is 1.71 bits per heavy atom. The van der Waals surface area contributed by atoms with Crippen molar-refractivity contribution in [2.75, 3.05) is 0 Å². The van der Waals surface area contributed by atoms with Crippen LogP contribution in [0.5, 0.6) is 0 Å². The van der Waals surface area contributed by atoms with Crippen LogP contribution in [0.4, 0.5) is 0 Å². The van der Waals surface area contributed by atoms with Crippen molar-refractivity contribution in [2.45, 2.75) is 32.5 Å². The number of hydrogen-bond acceptors (Lipinski definition) is 3. The Morgan fingerprint density at radius 3 is 2.14 bits per heavy atom. The van der Waals surface area contributed by atoms with Crippen LogP contribution in [-0.2, 0) is 0 Å².